The molecule has 31 heavy (non-hydrogen) atoms. The standard InChI is InChI=1S/C26H37N3O2/c1-7-24(31-25(30)29(6)19-18-27-3)26(20-21(2)28(4)5,22-14-10-8-11-15-22)23-16-12-9-13-17-23/h7-17,21,27H,18-20H2,1-6H3/b24-7-. The fourth-order valence-electron chi connectivity index (χ4n) is 3.79. The first-order chi connectivity index (χ1) is 14.9. The molecule has 5 nitrogen and oxygen atoms in total. The van der Waals surface area contributed by atoms with Gasteiger partial charge in [-0.15, -0.1) is 0 Å². The van der Waals surface area contributed by atoms with E-state index in [4.69, 9.17) is 4.74 Å². The zero-order valence-electron chi connectivity index (χ0n) is 19.8. The Bertz CT molecular complexity index is 795. The highest BCUT2D eigenvalue weighted by Gasteiger charge is 2.42. The summed E-state index contributed by atoms with van der Waals surface area (Å²) in [5.41, 5.74) is 1.61. The van der Waals surface area contributed by atoms with Crippen molar-refractivity contribution in [1.29, 1.82) is 0 Å². The second-order valence-electron chi connectivity index (χ2n) is 8.20. The van der Waals surface area contributed by atoms with Gasteiger partial charge >= 0.3 is 6.09 Å². The van der Waals surface area contributed by atoms with Gasteiger partial charge in [-0.3, -0.25) is 0 Å². The van der Waals surface area contributed by atoms with Crippen LogP contribution in [0.2, 0.25) is 0 Å². The van der Waals surface area contributed by atoms with Gasteiger partial charge in [0.25, 0.3) is 0 Å². The summed E-state index contributed by atoms with van der Waals surface area (Å²) in [7, 11) is 7.80. The van der Waals surface area contributed by atoms with Crippen molar-refractivity contribution in [3.05, 3.63) is 83.6 Å². The molecule has 0 aliphatic heterocycles. The number of ether oxygens (including phenoxy) is 1. The van der Waals surface area contributed by atoms with Crippen molar-refractivity contribution in [3.63, 3.8) is 0 Å². The van der Waals surface area contributed by atoms with Crippen LogP contribution in [-0.2, 0) is 10.2 Å². The van der Waals surface area contributed by atoms with E-state index in [1.807, 2.05) is 56.4 Å². The lowest BCUT2D eigenvalue weighted by Gasteiger charge is -2.40. The molecule has 0 aliphatic carbocycles. The zero-order valence-corrected chi connectivity index (χ0v) is 19.8. The van der Waals surface area contributed by atoms with Gasteiger partial charge in [-0.2, -0.15) is 0 Å². The van der Waals surface area contributed by atoms with E-state index < -0.39 is 5.41 Å². The van der Waals surface area contributed by atoms with Gasteiger partial charge in [0, 0.05) is 26.2 Å². The third-order valence-corrected chi connectivity index (χ3v) is 5.91. The highest BCUT2D eigenvalue weighted by atomic mass is 16.6. The molecular formula is C26H37N3O2. The molecule has 0 radical (unpaired) electrons. The number of carbonyl (C=O) groups excluding carboxylic acids is 1. The lowest BCUT2D eigenvalue weighted by Crippen LogP contribution is -2.41. The van der Waals surface area contributed by atoms with Crippen LogP contribution in [-0.4, -0.2) is 63.2 Å². The maximum Gasteiger partial charge on any atom is 0.414 e. The molecule has 2 aromatic carbocycles. The predicted octanol–water partition coefficient (Wildman–Crippen LogP) is 4.50. The van der Waals surface area contributed by atoms with E-state index in [0.717, 1.165) is 17.5 Å². The Balaban J connectivity index is 2.62. The number of hydrogen-bond acceptors (Lipinski definition) is 4. The van der Waals surface area contributed by atoms with Crippen molar-refractivity contribution < 1.29 is 9.53 Å². The van der Waals surface area contributed by atoms with Crippen LogP contribution in [0.1, 0.15) is 31.4 Å². The fraction of sp³-hybridized carbons (Fsp3) is 0.423. The van der Waals surface area contributed by atoms with Gasteiger partial charge in [0.05, 0.1) is 5.41 Å². The molecule has 0 bridgehead atoms. The number of likely N-dealkylation sites (N-methyl/N-ethyl adjacent to an activating group) is 2. The maximum atomic E-state index is 13.0. The molecule has 5 heteroatoms. The van der Waals surface area contributed by atoms with E-state index in [1.54, 1.807) is 11.9 Å². The Kier molecular flexibility index (Phi) is 9.28. The van der Waals surface area contributed by atoms with Crippen molar-refractivity contribution in [2.45, 2.75) is 31.7 Å². The summed E-state index contributed by atoms with van der Waals surface area (Å²) in [5.74, 6) is 0.653. The third kappa shape index (κ3) is 5.96. The van der Waals surface area contributed by atoms with Crippen molar-refractivity contribution in [1.82, 2.24) is 15.1 Å². The summed E-state index contributed by atoms with van der Waals surface area (Å²) in [6.07, 6.45) is 2.35. The summed E-state index contributed by atoms with van der Waals surface area (Å²) in [4.78, 5) is 16.8. The van der Waals surface area contributed by atoms with Crippen molar-refractivity contribution in [3.8, 4) is 0 Å². The number of hydrogen-bond donors (Lipinski definition) is 1. The highest BCUT2D eigenvalue weighted by Crippen LogP contribution is 2.44. The summed E-state index contributed by atoms with van der Waals surface area (Å²) in [6.45, 7) is 5.42. The number of benzene rings is 2. The van der Waals surface area contributed by atoms with Gasteiger partial charge in [-0.1, -0.05) is 60.7 Å². The van der Waals surface area contributed by atoms with Gasteiger partial charge in [0.15, 0.2) is 0 Å². The third-order valence-electron chi connectivity index (χ3n) is 5.91. The van der Waals surface area contributed by atoms with Crippen molar-refractivity contribution >= 4 is 6.09 Å². The molecular weight excluding hydrogens is 386 g/mol. The van der Waals surface area contributed by atoms with Crippen LogP contribution in [0.3, 0.4) is 0 Å². The SMILES string of the molecule is C/C=C(\OC(=O)N(C)CCNC)C(CC(C)N(C)C)(c1ccccc1)c1ccccc1. The monoisotopic (exact) mass is 423 g/mol. The van der Waals surface area contributed by atoms with Crippen molar-refractivity contribution in [2.75, 3.05) is 41.3 Å². The summed E-state index contributed by atoms with van der Waals surface area (Å²) >= 11 is 0. The van der Waals surface area contributed by atoms with Crippen LogP contribution in [0, 0.1) is 0 Å². The van der Waals surface area contributed by atoms with Gasteiger partial charge in [0.1, 0.15) is 5.76 Å². The maximum absolute atomic E-state index is 13.0. The lowest BCUT2D eigenvalue weighted by atomic mass is 9.68. The Morgan fingerprint density at radius 3 is 1.97 bits per heavy atom. The Morgan fingerprint density at radius 2 is 1.55 bits per heavy atom. The quantitative estimate of drug-likeness (QED) is 0.572. The molecule has 0 saturated heterocycles. The normalized spacial score (nSPS) is 13.2. The zero-order chi connectivity index (χ0) is 22.9. The Morgan fingerprint density at radius 1 is 1.03 bits per heavy atom. The number of nitrogens with one attached hydrogen (secondary N) is 1. The molecule has 168 valence electrons. The molecule has 2 aromatic rings. The topological polar surface area (TPSA) is 44.8 Å². The van der Waals surface area contributed by atoms with Crippen LogP contribution < -0.4 is 5.32 Å². The molecule has 0 aromatic heterocycles. The smallest absolute Gasteiger partial charge is 0.414 e. The minimum absolute atomic E-state index is 0.246. The van der Waals surface area contributed by atoms with E-state index in [0.29, 0.717) is 18.8 Å². The van der Waals surface area contributed by atoms with Crippen LogP contribution in [0.15, 0.2) is 72.5 Å². The minimum Gasteiger partial charge on any atom is -0.414 e. The van der Waals surface area contributed by atoms with E-state index in [1.165, 1.54) is 0 Å². The van der Waals surface area contributed by atoms with E-state index in [-0.39, 0.29) is 12.1 Å². The molecule has 1 unspecified atom stereocenters. The molecule has 0 heterocycles. The Hall–Kier alpha value is -2.63. The van der Waals surface area contributed by atoms with Gasteiger partial charge in [-0.05, 0) is 58.6 Å². The van der Waals surface area contributed by atoms with E-state index in [2.05, 4.69) is 55.5 Å². The van der Waals surface area contributed by atoms with Crippen LogP contribution in [0.4, 0.5) is 4.79 Å². The van der Waals surface area contributed by atoms with E-state index >= 15 is 0 Å². The lowest BCUT2D eigenvalue weighted by molar-refractivity contribution is 0.122. The molecule has 0 aliphatic rings. The average Bonchev–Trinajstić information content (AvgIpc) is 2.80. The molecule has 0 fully saturated rings. The van der Waals surface area contributed by atoms with E-state index in [9.17, 15) is 4.79 Å². The van der Waals surface area contributed by atoms with Gasteiger partial charge in [-0.25, -0.2) is 4.79 Å². The van der Waals surface area contributed by atoms with Crippen molar-refractivity contribution in [2.24, 2.45) is 0 Å². The van der Waals surface area contributed by atoms with Crippen LogP contribution in [0.25, 0.3) is 0 Å². The first-order valence-electron chi connectivity index (χ1n) is 10.9. The Labute approximate surface area is 187 Å². The summed E-state index contributed by atoms with van der Waals surface area (Å²) in [6, 6.07) is 20.9. The molecule has 2 rings (SSSR count). The first-order valence-corrected chi connectivity index (χ1v) is 10.9. The van der Waals surface area contributed by atoms with Crippen LogP contribution >= 0.6 is 0 Å². The van der Waals surface area contributed by atoms with Gasteiger partial charge < -0.3 is 19.9 Å². The largest absolute Gasteiger partial charge is 0.414 e. The average molecular weight is 424 g/mol. The number of carbonyl (C=O) groups is 1. The predicted molar refractivity (Wildman–Crippen MR) is 128 cm³/mol. The fourth-order valence-corrected chi connectivity index (χ4v) is 3.79. The second-order valence-corrected chi connectivity index (χ2v) is 8.20. The molecule has 0 saturated carbocycles. The molecule has 1 N–H and O–H groups in total. The number of amides is 1. The first kappa shape index (κ1) is 24.6. The van der Waals surface area contributed by atoms with Crippen LogP contribution in [0.5, 0.6) is 0 Å². The summed E-state index contributed by atoms with van der Waals surface area (Å²) in [5, 5.41) is 3.07. The second kappa shape index (κ2) is 11.7. The number of nitrogens with zero attached hydrogens (tertiary/aromatic N) is 2. The number of rotatable bonds is 10. The highest BCUT2D eigenvalue weighted by molar-refractivity contribution is 5.69. The summed E-state index contributed by atoms with van der Waals surface area (Å²) < 4.78 is 6.12. The van der Waals surface area contributed by atoms with Gasteiger partial charge in [0.2, 0.25) is 0 Å². The molecule has 1 atom stereocenters. The molecule has 1 amide bonds. The number of allylic oxidation sites excluding steroid dienone is 2. The molecule has 0 spiro atoms. The minimum atomic E-state index is -0.597.